The van der Waals surface area contributed by atoms with Gasteiger partial charge in [-0.25, -0.2) is 0 Å². The van der Waals surface area contributed by atoms with Gasteiger partial charge in [-0.05, 0) is 0 Å². The predicted molar refractivity (Wildman–Crippen MR) is 366 cm³/mol. The number of fused-ring (bicyclic) bond motifs is 4. The van der Waals surface area contributed by atoms with E-state index in [1.165, 1.54) is 63.8 Å². The molecule has 0 saturated carbocycles. The summed E-state index contributed by atoms with van der Waals surface area (Å²) in [6.45, 7) is 28.7. The van der Waals surface area contributed by atoms with Crippen molar-refractivity contribution in [3.8, 4) is 0 Å². The van der Waals surface area contributed by atoms with Crippen LogP contribution in [-0.4, -0.2) is 43.2 Å². The van der Waals surface area contributed by atoms with Crippen LogP contribution in [0.4, 0.5) is 0 Å². The summed E-state index contributed by atoms with van der Waals surface area (Å²) in [5.41, 5.74) is -0.910. The van der Waals surface area contributed by atoms with Gasteiger partial charge in [0, 0.05) is 0 Å². The van der Waals surface area contributed by atoms with Crippen molar-refractivity contribution in [2.45, 2.75) is 78.6 Å². The van der Waals surface area contributed by atoms with Crippen molar-refractivity contribution < 1.29 is 71.5 Å². The molecule has 10 heteroatoms. The van der Waals surface area contributed by atoms with Gasteiger partial charge < -0.3 is 24.8 Å². The Labute approximate surface area is 538 Å². The number of halogens is 2. The van der Waals surface area contributed by atoms with Gasteiger partial charge >= 0.3 is 200 Å². The summed E-state index contributed by atoms with van der Waals surface area (Å²) in [6, 6.07) is 96.6. The van der Waals surface area contributed by atoms with Crippen LogP contribution < -0.4 is 66.3 Å². The molecule has 0 bridgehead atoms. The Balaban J connectivity index is 0.000000180. The van der Waals surface area contributed by atoms with Crippen LogP contribution in [0.25, 0.3) is 43.1 Å². The summed E-state index contributed by atoms with van der Waals surface area (Å²) in [4.78, 5) is 0. The molecule has 0 amide bonds. The molecule has 82 heavy (non-hydrogen) atoms. The van der Waals surface area contributed by atoms with Gasteiger partial charge in [-0.15, -0.1) is 139 Å². The van der Waals surface area contributed by atoms with Crippen LogP contribution >= 0.6 is 0 Å². The molecule has 12 aromatic carbocycles. The molecule has 0 radical (unpaired) electrons. The van der Waals surface area contributed by atoms with Gasteiger partial charge in [0.25, 0.3) is 0 Å². The Morgan fingerprint density at radius 2 is 0.402 bits per heavy atom. The number of rotatable bonds is 8. The van der Waals surface area contributed by atoms with E-state index in [1.54, 1.807) is 67.4 Å². The molecule has 0 aliphatic carbocycles. The minimum absolute atomic E-state index is 0. The fraction of sp³-hybridized carbons (Fsp3) is 0.167. The zero-order valence-corrected chi connectivity index (χ0v) is 62.6. The Morgan fingerprint density at radius 1 is 0.244 bits per heavy atom. The first-order valence-corrected chi connectivity index (χ1v) is 52.4. The summed E-state index contributed by atoms with van der Waals surface area (Å²) in [5.74, 6) is 0. The molecule has 0 N–H and O–H groups in total. The molecule has 0 aliphatic heterocycles. The molecule has 12 aromatic rings. The zero-order valence-electron chi connectivity index (χ0n) is 50.2. The van der Waals surface area contributed by atoms with Crippen LogP contribution in [0.5, 0.6) is 0 Å². The summed E-state index contributed by atoms with van der Waals surface area (Å²) in [7, 11) is -4.47. The van der Waals surface area contributed by atoms with Crippen LogP contribution in [0.3, 0.4) is 0 Å². The SMILES string of the molecule is C[Si](C)(C)c1cc2ccccc2[cH-]1.C[Si](C)(C)c1cc2ccccc2[cH-]1.C[Si](C)(C)c1cc2ccccc2[cH-]1.C[Si](C)(C)c1cc2ccccc2[cH-]1.[Cl-].[Cl-].[Zr+2]=[Si](c1ccccc1)c1ccccc1.[Zr+2]=[Si](c1ccccc1)c1ccccc1. The fourth-order valence-corrected chi connectivity index (χ4v) is 21.5. The Bertz CT molecular complexity index is 3210. The van der Waals surface area contributed by atoms with E-state index in [0.29, 0.717) is 0 Å². The second kappa shape index (κ2) is 31.8. The van der Waals surface area contributed by atoms with E-state index in [4.69, 9.17) is 0 Å². The second-order valence-electron chi connectivity index (χ2n) is 24.7. The van der Waals surface area contributed by atoms with Gasteiger partial charge in [0.15, 0.2) is 0 Å². The molecule has 0 nitrogen and oxygen atoms in total. The average molecular weight is 1370 g/mol. The molecule has 0 unspecified atom stereocenters. The van der Waals surface area contributed by atoms with Crippen molar-refractivity contribution in [2.24, 2.45) is 0 Å². The molecular formula is C72H80Cl2Si6Zr2-2. The molecule has 0 heterocycles. The fourth-order valence-electron chi connectivity index (χ4n) is 9.09. The zero-order chi connectivity index (χ0) is 57.5. The minimum atomic E-state index is -1.12. The number of hydrogen-bond acceptors (Lipinski definition) is 0. The maximum absolute atomic E-state index is 2.39. The topological polar surface area (TPSA) is 0 Å². The van der Waals surface area contributed by atoms with Crippen LogP contribution in [0.2, 0.25) is 78.6 Å². The van der Waals surface area contributed by atoms with E-state index in [-0.39, 0.29) is 24.8 Å². The standard InChI is InChI=1S/4C12H15Si.2C12H10Si.2ClH.2Zr/c4*1-13(2,3)12-8-10-6-4-5-7-11(10)9-12;2*1-3-7-11(8-4-1)13-12-9-5-2-6-10-12;;;;/h4*4-9H,1-3H3;2*1-10H;2*1H;;/q4*-1;;;;;2*+2/p-2. The van der Waals surface area contributed by atoms with Crippen molar-refractivity contribution in [1.29, 1.82) is 0 Å². The molecule has 0 saturated heterocycles. The third-order valence-electron chi connectivity index (χ3n) is 14.2. The van der Waals surface area contributed by atoms with Gasteiger partial charge in [0.2, 0.25) is 0 Å². The quantitative estimate of drug-likeness (QED) is 0.105. The molecule has 12 rings (SSSR count). The van der Waals surface area contributed by atoms with Crippen LogP contribution in [0, 0.1) is 0 Å². The van der Waals surface area contributed by atoms with Crippen LogP contribution in [0.1, 0.15) is 0 Å². The van der Waals surface area contributed by atoms with E-state index in [0.717, 1.165) is 0 Å². The van der Waals surface area contributed by atoms with Gasteiger partial charge in [-0.1, -0.05) is 103 Å². The summed E-state index contributed by atoms with van der Waals surface area (Å²) in [6.07, 6.45) is 0. The van der Waals surface area contributed by atoms with Crippen LogP contribution in [-0.2, 0) is 46.7 Å². The van der Waals surface area contributed by atoms with E-state index >= 15 is 0 Å². The third-order valence-corrected chi connectivity index (χ3v) is 34.4. The van der Waals surface area contributed by atoms with Gasteiger partial charge in [0.1, 0.15) is 0 Å². The number of benzene rings is 8. The Hall–Kier alpha value is -4.15. The molecule has 416 valence electrons. The predicted octanol–water partition coefficient (Wildman–Crippen LogP) is 9.10. The van der Waals surface area contributed by atoms with E-state index in [1.807, 2.05) is 0 Å². The first-order valence-electron chi connectivity index (χ1n) is 28.1. The van der Waals surface area contributed by atoms with Crippen LogP contribution in [0.15, 0.2) is 267 Å². The van der Waals surface area contributed by atoms with Gasteiger partial charge in [-0.3, -0.25) is 0 Å². The molecule has 0 aliphatic rings. The van der Waals surface area contributed by atoms with Crippen molar-refractivity contribution in [3.05, 3.63) is 267 Å². The van der Waals surface area contributed by atoms with Crippen molar-refractivity contribution in [1.82, 2.24) is 0 Å². The van der Waals surface area contributed by atoms with E-state index in [2.05, 4.69) is 345 Å². The van der Waals surface area contributed by atoms with E-state index in [9.17, 15) is 0 Å². The average Bonchev–Trinajstić information content (AvgIpc) is 4.35. The normalized spacial score (nSPS) is 11.1. The van der Waals surface area contributed by atoms with Crippen molar-refractivity contribution in [2.75, 3.05) is 0 Å². The second-order valence-corrected chi connectivity index (χ2v) is 56.2. The summed E-state index contributed by atoms with van der Waals surface area (Å²) >= 11 is 3.29. The Kier molecular flexibility index (Phi) is 26.6. The first-order chi connectivity index (χ1) is 38.0. The van der Waals surface area contributed by atoms with Crippen molar-refractivity contribution >= 4 is 128 Å². The van der Waals surface area contributed by atoms with Crippen molar-refractivity contribution in [3.63, 3.8) is 0 Å². The number of hydrogen-bond donors (Lipinski definition) is 0. The molecule has 0 atom stereocenters. The Morgan fingerprint density at radius 3 is 0.561 bits per heavy atom. The third kappa shape index (κ3) is 20.5. The van der Waals surface area contributed by atoms with E-state index < -0.39 is 43.2 Å². The maximum atomic E-state index is 2.39. The molecule has 0 aromatic heterocycles. The monoisotopic (exact) mass is 1360 g/mol. The van der Waals surface area contributed by atoms with Gasteiger partial charge in [-0.2, -0.15) is 45.8 Å². The molecular weight excluding hydrogens is 1290 g/mol. The molecule has 0 fully saturated rings. The van der Waals surface area contributed by atoms with Gasteiger partial charge in [0.05, 0.1) is 32.3 Å². The summed E-state index contributed by atoms with van der Waals surface area (Å²) in [5, 5.41) is 23.4. The molecule has 0 spiro atoms. The first kappa shape index (κ1) is 68.6. The summed E-state index contributed by atoms with van der Waals surface area (Å²) < 4.78 is 0.